The maximum atomic E-state index is 12.5. The van der Waals surface area contributed by atoms with E-state index in [9.17, 15) is 22.8 Å². The lowest BCUT2D eigenvalue weighted by Gasteiger charge is -2.09. The predicted molar refractivity (Wildman–Crippen MR) is 90.4 cm³/mol. The summed E-state index contributed by atoms with van der Waals surface area (Å²) in [4.78, 5) is 26.9. The smallest absolute Gasteiger partial charge is 0.416 e. The molecule has 0 bridgehead atoms. The monoisotopic (exact) mass is 396 g/mol. The third-order valence-electron chi connectivity index (χ3n) is 3.49. The molecule has 2 heterocycles. The van der Waals surface area contributed by atoms with Gasteiger partial charge in [-0.2, -0.15) is 13.2 Å². The van der Waals surface area contributed by atoms with Gasteiger partial charge in [0.15, 0.2) is 5.13 Å². The quantitative estimate of drug-likeness (QED) is 0.713. The van der Waals surface area contributed by atoms with Crippen LogP contribution in [0.4, 0.5) is 13.2 Å². The second-order valence-electron chi connectivity index (χ2n) is 5.37. The number of nitrogens with zero attached hydrogens (tertiary/aromatic N) is 2. The average molecular weight is 396 g/mol. The number of aromatic carboxylic acids is 1. The first-order chi connectivity index (χ1) is 12.7. The number of benzene rings is 1. The Morgan fingerprint density at radius 3 is 2.48 bits per heavy atom. The topological polar surface area (TPSA) is 81.4 Å². The van der Waals surface area contributed by atoms with Crippen LogP contribution in [0.1, 0.15) is 20.8 Å². The van der Waals surface area contributed by atoms with Crippen molar-refractivity contribution in [2.24, 2.45) is 0 Å². The van der Waals surface area contributed by atoms with Crippen molar-refractivity contribution in [2.45, 2.75) is 12.8 Å². The highest BCUT2D eigenvalue weighted by Crippen LogP contribution is 2.29. The molecule has 2 aromatic heterocycles. The third-order valence-corrected chi connectivity index (χ3v) is 4.47. The van der Waals surface area contributed by atoms with E-state index < -0.39 is 23.3 Å². The van der Waals surface area contributed by atoms with E-state index in [1.165, 1.54) is 35.0 Å². The van der Waals surface area contributed by atoms with E-state index >= 15 is 0 Å². The number of alkyl halides is 3. The number of halogens is 3. The molecular weight excluding hydrogens is 385 g/mol. The van der Waals surface area contributed by atoms with Gasteiger partial charge in [-0.25, -0.2) is 9.78 Å². The molecule has 3 aromatic rings. The second kappa shape index (κ2) is 7.23. The number of carboxylic acids is 1. The van der Waals surface area contributed by atoms with Gasteiger partial charge in [0.25, 0.3) is 5.56 Å². The van der Waals surface area contributed by atoms with Crippen LogP contribution in [-0.2, 0) is 12.8 Å². The van der Waals surface area contributed by atoms with Crippen molar-refractivity contribution in [3.8, 4) is 10.9 Å². The Labute approximate surface area is 154 Å². The van der Waals surface area contributed by atoms with Gasteiger partial charge in [0.2, 0.25) is 0 Å². The van der Waals surface area contributed by atoms with Crippen molar-refractivity contribution in [1.82, 2.24) is 9.55 Å². The fraction of sp³-hybridized carbons (Fsp3) is 0.118. The van der Waals surface area contributed by atoms with Crippen molar-refractivity contribution >= 4 is 17.3 Å². The van der Waals surface area contributed by atoms with E-state index in [1.807, 2.05) is 0 Å². The summed E-state index contributed by atoms with van der Waals surface area (Å²) in [6.45, 7) is -0.0119. The van der Waals surface area contributed by atoms with Crippen molar-refractivity contribution < 1.29 is 27.8 Å². The molecule has 0 saturated carbocycles. The Kier molecular flexibility index (Phi) is 5.00. The van der Waals surface area contributed by atoms with Gasteiger partial charge in [-0.1, -0.05) is 23.5 Å². The number of ether oxygens (including phenoxy) is 1. The number of pyridine rings is 1. The summed E-state index contributed by atoms with van der Waals surface area (Å²) in [5.41, 5.74) is -0.720. The van der Waals surface area contributed by atoms with E-state index in [1.54, 1.807) is 0 Å². The normalized spacial score (nSPS) is 11.4. The zero-order chi connectivity index (χ0) is 19.6. The van der Waals surface area contributed by atoms with Crippen molar-refractivity contribution in [3.63, 3.8) is 0 Å². The molecule has 0 aliphatic rings. The Morgan fingerprint density at radius 1 is 1.22 bits per heavy atom. The molecule has 0 saturated heterocycles. The second-order valence-corrected chi connectivity index (χ2v) is 6.38. The lowest BCUT2D eigenvalue weighted by Crippen LogP contribution is -2.16. The van der Waals surface area contributed by atoms with E-state index in [4.69, 9.17) is 9.84 Å². The molecule has 1 N–H and O–H groups in total. The largest absolute Gasteiger partial charge is 0.489 e. The lowest BCUT2D eigenvalue weighted by molar-refractivity contribution is -0.137. The Morgan fingerprint density at radius 2 is 1.93 bits per heavy atom. The minimum atomic E-state index is -4.40. The van der Waals surface area contributed by atoms with E-state index in [0.717, 1.165) is 29.7 Å². The zero-order valence-electron chi connectivity index (χ0n) is 13.4. The molecule has 10 heteroatoms. The first-order valence-corrected chi connectivity index (χ1v) is 8.27. The minimum Gasteiger partial charge on any atom is -0.489 e. The van der Waals surface area contributed by atoms with Crippen LogP contribution < -0.4 is 10.3 Å². The summed E-state index contributed by atoms with van der Waals surface area (Å²) in [6.07, 6.45) is -1.86. The van der Waals surface area contributed by atoms with Crippen molar-refractivity contribution in [2.75, 3.05) is 0 Å². The van der Waals surface area contributed by atoms with Crippen molar-refractivity contribution in [1.29, 1.82) is 0 Å². The molecule has 27 heavy (non-hydrogen) atoms. The van der Waals surface area contributed by atoms with E-state index in [2.05, 4.69) is 4.98 Å². The van der Waals surface area contributed by atoms with Gasteiger partial charge >= 0.3 is 12.1 Å². The highest BCUT2D eigenvalue weighted by Gasteiger charge is 2.29. The van der Waals surface area contributed by atoms with Crippen LogP contribution in [-0.4, -0.2) is 20.6 Å². The van der Waals surface area contributed by atoms with Crippen LogP contribution in [0.3, 0.4) is 0 Å². The maximum absolute atomic E-state index is 12.5. The van der Waals surface area contributed by atoms with Crippen LogP contribution >= 0.6 is 11.3 Å². The standard InChI is InChI=1S/C17H11F3N2O4S/c18-17(19,20)11-3-1-10(2-4-11)9-26-12-5-6-22(14(23)7-12)16-21-8-13(27-16)15(24)25/h1-8H,9H2,(H,24,25). The van der Waals surface area contributed by atoms with Crippen LogP contribution in [0.25, 0.3) is 5.13 Å². The minimum absolute atomic E-state index is 0.000435. The first kappa shape index (κ1) is 18.6. The lowest BCUT2D eigenvalue weighted by atomic mass is 10.1. The summed E-state index contributed by atoms with van der Waals surface area (Å²) < 4.78 is 44.2. The number of carbonyl (C=O) groups is 1. The molecule has 6 nitrogen and oxygen atoms in total. The number of hydrogen-bond donors (Lipinski definition) is 1. The first-order valence-electron chi connectivity index (χ1n) is 7.45. The summed E-state index contributed by atoms with van der Waals surface area (Å²) in [5.74, 6) is -0.908. The van der Waals surface area contributed by atoms with Gasteiger partial charge in [0, 0.05) is 12.3 Å². The molecule has 1 aromatic carbocycles. The Balaban J connectivity index is 1.70. The summed E-state index contributed by atoms with van der Waals surface area (Å²) in [6, 6.07) is 7.18. The molecule has 0 radical (unpaired) electrons. The highest BCUT2D eigenvalue weighted by atomic mass is 32.1. The zero-order valence-corrected chi connectivity index (χ0v) is 14.3. The van der Waals surface area contributed by atoms with Crippen LogP contribution in [0.5, 0.6) is 5.75 Å². The fourth-order valence-corrected chi connectivity index (χ4v) is 2.88. The number of carboxylic acid groups (broad SMARTS) is 1. The van der Waals surface area contributed by atoms with Gasteiger partial charge in [-0.3, -0.25) is 9.36 Å². The third kappa shape index (κ3) is 4.34. The Hall–Kier alpha value is -3.14. The maximum Gasteiger partial charge on any atom is 0.416 e. The molecule has 0 atom stereocenters. The molecule has 0 aliphatic carbocycles. The molecule has 0 unspecified atom stereocenters. The molecule has 140 valence electrons. The van der Waals surface area contributed by atoms with E-state index in [-0.39, 0.29) is 22.4 Å². The van der Waals surface area contributed by atoms with Crippen molar-refractivity contribution in [3.05, 3.63) is 75.1 Å². The number of hydrogen-bond acceptors (Lipinski definition) is 5. The molecular formula is C17H11F3N2O4S. The summed E-state index contributed by atoms with van der Waals surface area (Å²) in [5, 5.41) is 9.10. The van der Waals surface area contributed by atoms with Crippen LogP contribution in [0.15, 0.2) is 53.6 Å². The average Bonchev–Trinajstić information content (AvgIpc) is 3.10. The van der Waals surface area contributed by atoms with Crippen LogP contribution in [0, 0.1) is 0 Å². The van der Waals surface area contributed by atoms with Gasteiger partial charge in [0.05, 0.1) is 11.8 Å². The molecule has 0 aliphatic heterocycles. The molecule has 0 fully saturated rings. The predicted octanol–water partition coefficient (Wildman–Crippen LogP) is 3.59. The van der Waals surface area contributed by atoms with Gasteiger partial charge in [-0.15, -0.1) is 0 Å². The highest BCUT2D eigenvalue weighted by molar-refractivity contribution is 7.15. The molecule has 0 spiro atoms. The van der Waals surface area contributed by atoms with Gasteiger partial charge in [0.1, 0.15) is 17.2 Å². The molecule has 3 rings (SSSR count). The summed E-state index contributed by atoms with van der Waals surface area (Å²) in [7, 11) is 0. The fourth-order valence-electron chi connectivity index (χ4n) is 2.14. The molecule has 0 amide bonds. The van der Waals surface area contributed by atoms with Crippen LogP contribution in [0.2, 0.25) is 0 Å². The van der Waals surface area contributed by atoms with Gasteiger partial charge < -0.3 is 9.84 Å². The van der Waals surface area contributed by atoms with Gasteiger partial charge in [-0.05, 0) is 23.8 Å². The number of rotatable bonds is 5. The summed E-state index contributed by atoms with van der Waals surface area (Å²) >= 11 is 0.847. The Bertz CT molecular complexity index is 1030. The number of thiazole rings is 1. The SMILES string of the molecule is O=C(O)c1cnc(-n2ccc(OCc3ccc(C(F)(F)F)cc3)cc2=O)s1. The number of aromatic nitrogens is 2. The van der Waals surface area contributed by atoms with E-state index in [0.29, 0.717) is 5.56 Å².